The number of halogens is 1. The number of aromatic nitrogens is 4. The van der Waals surface area contributed by atoms with E-state index in [2.05, 4.69) is 20.8 Å². The molecule has 0 radical (unpaired) electrons. The molecule has 7 heteroatoms. The molecule has 116 valence electrons. The molecule has 3 rings (SSSR count). The smallest absolute Gasteiger partial charge is 0.251 e. The average Bonchev–Trinajstić information content (AvgIpc) is 3.02. The van der Waals surface area contributed by atoms with Crippen LogP contribution in [-0.4, -0.2) is 26.1 Å². The minimum atomic E-state index is -0.180. The van der Waals surface area contributed by atoms with E-state index in [9.17, 15) is 4.79 Å². The van der Waals surface area contributed by atoms with E-state index in [-0.39, 0.29) is 5.91 Å². The third kappa shape index (κ3) is 3.44. The standard InChI is InChI=1S/C15H18ClN5O/c16-12-6-4-5-11(9-12)15(22)17-10-14-18-19-20-21(14)13-7-2-1-3-8-13/h4-6,9,13H,1-3,7-8,10H2,(H,17,22). The van der Waals surface area contributed by atoms with E-state index in [1.165, 1.54) is 19.3 Å². The van der Waals surface area contributed by atoms with Crippen molar-refractivity contribution in [2.75, 3.05) is 0 Å². The highest BCUT2D eigenvalue weighted by atomic mass is 35.5. The van der Waals surface area contributed by atoms with Gasteiger partial charge in [0.05, 0.1) is 12.6 Å². The number of benzene rings is 1. The molecule has 22 heavy (non-hydrogen) atoms. The molecule has 1 N–H and O–H groups in total. The summed E-state index contributed by atoms with van der Waals surface area (Å²) in [7, 11) is 0. The normalized spacial score (nSPS) is 15.7. The van der Waals surface area contributed by atoms with Gasteiger partial charge < -0.3 is 5.32 Å². The molecule has 0 spiro atoms. The van der Waals surface area contributed by atoms with Crippen molar-refractivity contribution in [3.05, 3.63) is 40.7 Å². The quantitative estimate of drug-likeness (QED) is 0.940. The molecule has 1 heterocycles. The molecule has 1 aromatic carbocycles. The first-order chi connectivity index (χ1) is 10.7. The predicted molar refractivity (Wildman–Crippen MR) is 82.6 cm³/mol. The van der Waals surface area contributed by atoms with E-state index in [0.717, 1.165) is 12.8 Å². The van der Waals surface area contributed by atoms with Crippen molar-refractivity contribution in [1.82, 2.24) is 25.5 Å². The Morgan fingerprint density at radius 3 is 2.91 bits per heavy atom. The Hall–Kier alpha value is -1.95. The van der Waals surface area contributed by atoms with E-state index < -0.39 is 0 Å². The molecule has 0 bridgehead atoms. The van der Waals surface area contributed by atoms with Gasteiger partial charge in [-0.25, -0.2) is 4.68 Å². The van der Waals surface area contributed by atoms with Gasteiger partial charge in [0.1, 0.15) is 0 Å². The lowest BCUT2D eigenvalue weighted by Gasteiger charge is -2.22. The van der Waals surface area contributed by atoms with Crippen LogP contribution in [0.2, 0.25) is 5.02 Å². The van der Waals surface area contributed by atoms with Gasteiger partial charge >= 0.3 is 0 Å². The maximum absolute atomic E-state index is 12.1. The van der Waals surface area contributed by atoms with Gasteiger partial charge in [-0.2, -0.15) is 0 Å². The number of amides is 1. The van der Waals surface area contributed by atoms with E-state index in [1.54, 1.807) is 24.3 Å². The lowest BCUT2D eigenvalue weighted by atomic mass is 9.95. The van der Waals surface area contributed by atoms with E-state index in [4.69, 9.17) is 11.6 Å². The fourth-order valence-corrected chi connectivity index (χ4v) is 3.02. The van der Waals surface area contributed by atoms with Crippen molar-refractivity contribution in [1.29, 1.82) is 0 Å². The van der Waals surface area contributed by atoms with Crippen molar-refractivity contribution in [2.45, 2.75) is 44.7 Å². The van der Waals surface area contributed by atoms with Crippen LogP contribution in [0, 0.1) is 0 Å². The summed E-state index contributed by atoms with van der Waals surface area (Å²) in [5.41, 5.74) is 0.532. The minimum Gasteiger partial charge on any atom is -0.345 e. The van der Waals surface area contributed by atoms with Gasteiger partial charge in [-0.3, -0.25) is 4.79 Å². The number of carbonyl (C=O) groups is 1. The summed E-state index contributed by atoms with van der Waals surface area (Å²) in [5.74, 6) is 0.517. The van der Waals surface area contributed by atoms with E-state index >= 15 is 0 Å². The number of hydrogen-bond donors (Lipinski definition) is 1. The molecule has 0 saturated heterocycles. The van der Waals surface area contributed by atoms with Gasteiger partial charge in [0.15, 0.2) is 5.82 Å². The SMILES string of the molecule is O=C(NCc1nnnn1C1CCCCC1)c1cccc(Cl)c1. The van der Waals surface area contributed by atoms with Gasteiger partial charge in [0, 0.05) is 10.6 Å². The molecular formula is C15H18ClN5O. The summed E-state index contributed by atoms with van der Waals surface area (Å²) in [6, 6.07) is 7.21. The van der Waals surface area contributed by atoms with Crippen LogP contribution < -0.4 is 5.32 Å². The minimum absolute atomic E-state index is 0.180. The Morgan fingerprint density at radius 2 is 2.14 bits per heavy atom. The summed E-state index contributed by atoms with van der Waals surface area (Å²) in [4.78, 5) is 12.1. The number of hydrogen-bond acceptors (Lipinski definition) is 4. The Morgan fingerprint density at radius 1 is 1.32 bits per heavy atom. The molecule has 1 saturated carbocycles. The van der Waals surface area contributed by atoms with Gasteiger partial charge in [-0.1, -0.05) is 36.9 Å². The Balaban J connectivity index is 1.64. The third-order valence-electron chi connectivity index (χ3n) is 3.98. The van der Waals surface area contributed by atoms with Crippen molar-refractivity contribution < 1.29 is 4.79 Å². The van der Waals surface area contributed by atoms with E-state index in [0.29, 0.717) is 29.0 Å². The maximum atomic E-state index is 12.1. The molecule has 1 amide bonds. The maximum Gasteiger partial charge on any atom is 0.251 e. The van der Waals surface area contributed by atoms with Crippen LogP contribution in [0.3, 0.4) is 0 Å². The number of nitrogens with zero attached hydrogens (tertiary/aromatic N) is 4. The molecule has 6 nitrogen and oxygen atoms in total. The highest BCUT2D eigenvalue weighted by Crippen LogP contribution is 2.27. The molecule has 1 aromatic heterocycles. The monoisotopic (exact) mass is 319 g/mol. The highest BCUT2D eigenvalue weighted by Gasteiger charge is 2.20. The summed E-state index contributed by atoms with van der Waals surface area (Å²) in [6.07, 6.45) is 5.89. The highest BCUT2D eigenvalue weighted by molar-refractivity contribution is 6.30. The van der Waals surface area contributed by atoms with Crippen molar-refractivity contribution >= 4 is 17.5 Å². The van der Waals surface area contributed by atoms with Crippen molar-refractivity contribution in [2.24, 2.45) is 0 Å². The molecule has 1 fully saturated rings. The second-order valence-corrected chi connectivity index (χ2v) is 5.96. The first-order valence-corrected chi connectivity index (χ1v) is 7.92. The zero-order valence-electron chi connectivity index (χ0n) is 12.2. The summed E-state index contributed by atoms with van der Waals surface area (Å²) >= 11 is 5.90. The molecule has 2 aromatic rings. The zero-order valence-corrected chi connectivity index (χ0v) is 13.0. The topological polar surface area (TPSA) is 72.7 Å². The molecule has 0 atom stereocenters. The van der Waals surface area contributed by atoms with Gasteiger partial charge in [0.25, 0.3) is 5.91 Å². The lowest BCUT2D eigenvalue weighted by Crippen LogP contribution is -2.26. The molecule has 1 aliphatic rings. The molecular weight excluding hydrogens is 302 g/mol. The number of tetrazole rings is 1. The fourth-order valence-electron chi connectivity index (χ4n) is 2.83. The average molecular weight is 320 g/mol. The fraction of sp³-hybridized carbons (Fsp3) is 0.467. The number of rotatable bonds is 4. The van der Waals surface area contributed by atoms with Gasteiger partial charge in [-0.15, -0.1) is 5.10 Å². The first-order valence-electron chi connectivity index (χ1n) is 7.54. The zero-order chi connectivity index (χ0) is 15.4. The van der Waals surface area contributed by atoms with Crippen LogP contribution in [0.1, 0.15) is 54.3 Å². The Kier molecular flexibility index (Phi) is 4.68. The van der Waals surface area contributed by atoms with Gasteiger partial charge in [-0.05, 0) is 41.5 Å². The Labute approximate surface area is 133 Å². The Bertz CT molecular complexity index is 651. The third-order valence-corrected chi connectivity index (χ3v) is 4.21. The van der Waals surface area contributed by atoms with Crippen LogP contribution in [0.15, 0.2) is 24.3 Å². The lowest BCUT2D eigenvalue weighted by molar-refractivity contribution is 0.0949. The van der Waals surface area contributed by atoms with Crippen molar-refractivity contribution in [3.63, 3.8) is 0 Å². The second-order valence-electron chi connectivity index (χ2n) is 5.52. The van der Waals surface area contributed by atoms with Gasteiger partial charge in [0.2, 0.25) is 0 Å². The van der Waals surface area contributed by atoms with Crippen molar-refractivity contribution in [3.8, 4) is 0 Å². The first kappa shape index (κ1) is 15.0. The largest absolute Gasteiger partial charge is 0.345 e. The van der Waals surface area contributed by atoms with Crippen LogP contribution in [0.5, 0.6) is 0 Å². The van der Waals surface area contributed by atoms with Crippen LogP contribution in [0.25, 0.3) is 0 Å². The molecule has 0 aliphatic heterocycles. The van der Waals surface area contributed by atoms with E-state index in [1.807, 2.05) is 4.68 Å². The predicted octanol–water partition coefficient (Wildman–Crippen LogP) is 2.76. The van der Waals surface area contributed by atoms with Crippen LogP contribution in [-0.2, 0) is 6.54 Å². The number of nitrogens with one attached hydrogen (secondary N) is 1. The molecule has 1 aliphatic carbocycles. The summed E-state index contributed by atoms with van der Waals surface area (Å²) in [5, 5.41) is 15.3. The second kappa shape index (κ2) is 6.87. The molecule has 0 unspecified atom stereocenters. The van der Waals surface area contributed by atoms with Crippen LogP contribution >= 0.6 is 11.6 Å². The number of carbonyl (C=O) groups excluding carboxylic acids is 1. The van der Waals surface area contributed by atoms with Crippen LogP contribution in [0.4, 0.5) is 0 Å². The summed E-state index contributed by atoms with van der Waals surface area (Å²) in [6.45, 7) is 0.314. The summed E-state index contributed by atoms with van der Waals surface area (Å²) < 4.78 is 1.86.